The van der Waals surface area contributed by atoms with E-state index in [1.54, 1.807) is 6.07 Å². The minimum atomic E-state index is -0.0330. The summed E-state index contributed by atoms with van der Waals surface area (Å²) in [6.07, 6.45) is 0.997. The highest BCUT2D eigenvalue weighted by molar-refractivity contribution is 5.92. The van der Waals surface area contributed by atoms with Crippen LogP contribution in [0, 0.1) is 19.8 Å². The quantitative estimate of drug-likeness (QED) is 0.873. The van der Waals surface area contributed by atoms with Gasteiger partial charge >= 0.3 is 0 Å². The van der Waals surface area contributed by atoms with Gasteiger partial charge in [0.2, 0.25) is 0 Å². The number of pyridine rings is 1. The van der Waals surface area contributed by atoms with Crippen molar-refractivity contribution in [3.05, 3.63) is 41.2 Å². The van der Waals surface area contributed by atoms with E-state index in [0.29, 0.717) is 24.7 Å². The van der Waals surface area contributed by atoms with Crippen molar-refractivity contribution in [3.8, 4) is 0 Å². The summed E-state index contributed by atoms with van der Waals surface area (Å²) >= 11 is 0. The molecule has 0 saturated heterocycles. The monoisotopic (exact) mass is 313 g/mol. The largest absolute Gasteiger partial charge is 0.328 e. The second kappa shape index (κ2) is 6.10. The Bertz CT molecular complexity index is 722. The molecule has 1 aliphatic heterocycles. The summed E-state index contributed by atoms with van der Waals surface area (Å²) in [7, 11) is 0. The van der Waals surface area contributed by atoms with Crippen LogP contribution in [0.4, 0.5) is 0 Å². The summed E-state index contributed by atoms with van der Waals surface area (Å²) in [6, 6.07) is 5.77. The van der Waals surface area contributed by atoms with Crippen molar-refractivity contribution in [3.63, 3.8) is 0 Å². The van der Waals surface area contributed by atoms with Crippen LogP contribution in [0.2, 0.25) is 0 Å². The zero-order valence-electron chi connectivity index (χ0n) is 14.2. The van der Waals surface area contributed by atoms with Crippen LogP contribution in [0.3, 0.4) is 0 Å². The molecule has 0 aliphatic carbocycles. The number of hydrogen-bond donors (Lipinski definition) is 0. The van der Waals surface area contributed by atoms with Gasteiger partial charge < -0.3 is 9.47 Å². The molecule has 0 radical (unpaired) electrons. The third-order valence-electron chi connectivity index (χ3n) is 4.20. The van der Waals surface area contributed by atoms with Crippen molar-refractivity contribution in [1.29, 1.82) is 0 Å². The van der Waals surface area contributed by atoms with E-state index in [9.17, 15) is 4.79 Å². The van der Waals surface area contributed by atoms with Crippen LogP contribution in [0.1, 0.15) is 54.1 Å². The second-order valence-corrected chi connectivity index (χ2v) is 6.67. The summed E-state index contributed by atoms with van der Waals surface area (Å²) in [5.41, 5.74) is 1.35. The number of amides is 1. The van der Waals surface area contributed by atoms with Crippen LogP contribution in [0.15, 0.2) is 18.2 Å². The van der Waals surface area contributed by atoms with E-state index in [1.165, 1.54) is 0 Å². The van der Waals surface area contributed by atoms with Gasteiger partial charge in [0, 0.05) is 12.2 Å². The lowest BCUT2D eigenvalue weighted by Gasteiger charge is -2.35. The van der Waals surface area contributed by atoms with Crippen molar-refractivity contribution in [2.24, 2.45) is 5.92 Å². The molecule has 0 fully saturated rings. The molecule has 6 nitrogen and oxygen atoms in total. The fraction of sp³-hybridized carbons (Fsp3) is 0.529. The van der Waals surface area contributed by atoms with Crippen LogP contribution < -0.4 is 0 Å². The van der Waals surface area contributed by atoms with Gasteiger partial charge in [0.05, 0.1) is 12.6 Å². The van der Waals surface area contributed by atoms with Gasteiger partial charge in [-0.3, -0.25) is 4.79 Å². The van der Waals surface area contributed by atoms with Gasteiger partial charge in [-0.15, -0.1) is 10.2 Å². The van der Waals surface area contributed by atoms with Gasteiger partial charge in [-0.1, -0.05) is 19.9 Å². The maximum atomic E-state index is 12.8. The Balaban J connectivity index is 1.89. The lowest BCUT2D eigenvalue weighted by atomic mass is 10.0. The predicted molar refractivity (Wildman–Crippen MR) is 87.0 cm³/mol. The lowest BCUT2D eigenvalue weighted by molar-refractivity contribution is 0.0654. The van der Waals surface area contributed by atoms with E-state index in [4.69, 9.17) is 0 Å². The number of aryl methyl sites for hydroxylation is 2. The molecule has 2 aromatic rings. The highest BCUT2D eigenvalue weighted by atomic mass is 16.2. The third-order valence-corrected chi connectivity index (χ3v) is 4.20. The minimum absolute atomic E-state index is 0.0330. The van der Waals surface area contributed by atoms with Crippen LogP contribution in [0.5, 0.6) is 0 Å². The lowest BCUT2D eigenvalue weighted by Crippen LogP contribution is -2.42. The first kappa shape index (κ1) is 15.6. The summed E-state index contributed by atoms with van der Waals surface area (Å²) in [4.78, 5) is 19.0. The molecule has 3 heterocycles. The molecule has 122 valence electrons. The average Bonchev–Trinajstić information content (AvgIpc) is 2.87. The molecule has 0 N–H and O–H groups in total. The van der Waals surface area contributed by atoms with Crippen molar-refractivity contribution in [1.82, 2.24) is 24.6 Å². The Morgan fingerprint density at radius 2 is 2.09 bits per heavy atom. The number of hydrogen-bond acceptors (Lipinski definition) is 4. The van der Waals surface area contributed by atoms with Crippen LogP contribution in [0.25, 0.3) is 0 Å². The standard InChI is InChI=1S/C17H23N5O/c1-11(2)8-14-9-21(10-16-20-19-13(4)22(14)16)17(23)15-7-5-6-12(3)18-15/h5-7,11,14H,8-10H2,1-4H3/t14-/m0/s1. The molecular weight excluding hydrogens is 290 g/mol. The van der Waals surface area contributed by atoms with Crippen molar-refractivity contribution in [2.75, 3.05) is 6.54 Å². The first-order valence-corrected chi connectivity index (χ1v) is 8.09. The summed E-state index contributed by atoms with van der Waals surface area (Å²) in [5.74, 6) is 2.29. The number of carbonyl (C=O) groups excluding carboxylic acids is 1. The van der Waals surface area contributed by atoms with E-state index in [2.05, 4.69) is 33.6 Å². The number of carbonyl (C=O) groups is 1. The molecular formula is C17H23N5O. The fourth-order valence-electron chi connectivity index (χ4n) is 3.27. The molecule has 0 aromatic carbocycles. The molecule has 0 unspecified atom stereocenters. The van der Waals surface area contributed by atoms with Gasteiger partial charge in [-0.25, -0.2) is 4.98 Å². The first-order chi connectivity index (χ1) is 11.0. The molecule has 1 atom stereocenters. The summed E-state index contributed by atoms with van der Waals surface area (Å²) < 4.78 is 2.19. The number of rotatable bonds is 3. The van der Waals surface area contributed by atoms with Crippen LogP contribution >= 0.6 is 0 Å². The molecule has 0 saturated carbocycles. The minimum Gasteiger partial charge on any atom is -0.328 e. The van der Waals surface area contributed by atoms with Crippen molar-refractivity contribution in [2.45, 2.75) is 46.7 Å². The predicted octanol–water partition coefficient (Wildman–Crippen LogP) is 2.53. The van der Waals surface area contributed by atoms with Crippen LogP contribution in [-0.2, 0) is 6.54 Å². The third kappa shape index (κ3) is 3.11. The SMILES string of the molecule is Cc1cccc(C(=O)N2Cc3nnc(C)n3[C@@H](CC(C)C)C2)n1. The maximum Gasteiger partial charge on any atom is 0.272 e. The van der Waals surface area contributed by atoms with Gasteiger partial charge in [-0.05, 0) is 38.3 Å². The molecule has 0 spiro atoms. The van der Waals surface area contributed by atoms with Gasteiger partial charge in [-0.2, -0.15) is 0 Å². The van der Waals surface area contributed by atoms with Gasteiger partial charge in [0.25, 0.3) is 5.91 Å². The normalized spacial score (nSPS) is 17.4. The Kier molecular flexibility index (Phi) is 4.15. The zero-order valence-corrected chi connectivity index (χ0v) is 14.2. The molecule has 3 rings (SSSR count). The highest BCUT2D eigenvalue weighted by Crippen LogP contribution is 2.27. The van der Waals surface area contributed by atoms with E-state index < -0.39 is 0 Å². The number of aromatic nitrogens is 4. The summed E-state index contributed by atoms with van der Waals surface area (Å²) in [5, 5.41) is 8.45. The first-order valence-electron chi connectivity index (χ1n) is 8.09. The van der Waals surface area contributed by atoms with Crippen molar-refractivity contribution < 1.29 is 4.79 Å². The molecule has 1 amide bonds. The van der Waals surface area contributed by atoms with E-state index >= 15 is 0 Å². The van der Waals surface area contributed by atoms with Gasteiger partial charge in [0.1, 0.15) is 11.5 Å². The number of nitrogens with zero attached hydrogens (tertiary/aromatic N) is 5. The van der Waals surface area contributed by atoms with E-state index in [0.717, 1.165) is 23.8 Å². The van der Waals surface area contributed by atoms with Crippen LogP contribution in [-0.4, -0.2) is 37.1 Å². The topological polar surface area (TPSA) is 63.9 Å². The van der Waals surface area contributed by atoms with E-state index in [1.807, 2.05) is 30.9 Å². The average molecular weight is 313 g/mol. The highest BCUT2D eigenvalue weighted by Gasteiger charge is 2.31. The summed E-state index contributed by atoms with van der Waals surface area (Å²) in [6.45, 7) is 9.44. The Morgan fingerprint density at radius 1 is 1.30 bits per heavy atom. The smallest absolute Gasteiger partial charge is 0.272 e. The Labute approximate surface area is 136 Å². The fourth-order valence-corrected chi connectivity index (χ4v) is 3.27. The number of fused-ring (bicyclic) bond motifs is 1. The molecule has 1 aliphatic rings. The Hall–Kier alpha value is -2.24. The van der Waals surface area contributed by atoms with Crippen molar-refractivity contribution >= 4 is 5.91 Å². The molecule has 23 heavy (non-hydrogen) atoms. The maximum absolute atomic E-state index is 12.8. The molecule has 0 bridgehead atoms. The molecule has 6 heteroatoms. The van der Waals surface area contributed by atoms with Gasteiger partial charge in [0.15, 0.2) is 5.82 Å². The van der Waals surface area contributed by atoms with E-state index in [-0.39, 0.29) is 11.9 Å². The Morgan fingerprint density at radius 3 is 2.78 bits per heavy atom. The second-order valence-electron chi connectivity index (χ2n) is 6.67. The molecule has 2 aromatic heterocycles. The zero-order chi connectivity index (χ0) is 16.6.